The van der Waals surface area contributed by atoms with Crippen molar-refractivity contribution in [2.24, 2.45) is 5.92 Å². The fraction of sp³-hybridized carbons (Fsp3) is 0.500. The molecule has 1 heterocycles. The molecule has 1 aromatic carbocycles. The van der Waals surface area contributed by atoms with E-state index in [1.54, 1.807) is 0 Å². The second-order valence-electron chi connectivity index (χ2n) is 4.94. The molecule has 0 bridgehead atoms. The molecule has 0 saturated carbocycles. The van der Waals surface area contributed by atoms with Gasteiger partial charge in [0.25, 0.3) is 0 Å². The number of carboxylic acid groups (broad SMARTS) is 1. The standard InChI is InChI=1S/C14H19NO3/c1-10-5-3-4-6-12(10)15-14(13(16)17)7-8-18-9-11(14)2/h3-6,11,15H,7-9H2,1-2H3,(H,16,17). The minimum atomic E-state index is -0.926. The normalized spacial score (nSPS) is 27.8. The van der Waals surface area contributed by atoms with E-state index in [0.29, 0.717) is 19.6 Å². The van der Waals surface area contributed by atoms with Crippen LogP contribution in [0.4, 0.5) is 5.69 Å². The van der Waals surface area contributed by atoms with Crippen LogP contribution in [0.5, 0.6) is 0 Å². The van der Waals surface area contributed by atoms with Crippen molar-refractivity contribution in [3.8, 4) is 0 Å². The Kier molecular flexibility index (Phi) is 3.57. The van der Waals surface area contributed by atoms with Crippen molar-refractivity contribution in [3.63, 3.8) is 0 Å². The van der Waals surface area contributed by atoms with Gasteiger partial charge in [0.1, 0.15) is 5.54 Å². The first kappa shape index (κ1) is 12.9. The van der Waals surface area contributed by atoms with Crippen molar-refractivity contribution in [1.29, 1.82) is 0 Å². The van der Waals surface area contributed by atoms with Crippen LogP contribution in [0.2, 0.25) is 0 Å². The molecule has 1 fully saturated rings. The van der Waals surface area contributed by atoms with Crippen LogP contribution in [0.25, 0.3) is 0 Å². The van der Waals surface area contributed by atoms with Gasteiger partial charge in [-0.2, -0.15) is 0 Å². The van der Waals surface area contributed by atoms with Crippen molar-refractivity contribution >= 4 is 11.7 Å². The number of hydrogen-bond donors (Lipinski definition) is 2. The maximum absolute atomic E-state index is 11.7. The third-order valence-electron chi connectivity index (χ3n) is 3.73. The highest BCUT2D eigenvalue weighted by molar-refractivity contribution is 5.83. The predicted molar refractivity (Wildman–Crippen MR) is 69.8 cm³/mol. The van der Waals surface area contributed by atoms with Crippen LogP contribution in [-0.2, 0) is 9.53 Å². The molecule has 2 N–H and O–H groups in total. The van der Waals surface area contributed by atoms with Crippen molar-refractivity contribution in [2.45, 2.75) is 25.8 Å². The van der Waals surface area contributed by atoms with Crippen molar-refractivity contribution in [3.05, 3.63) is 29.8 Å². The van der Waals surface area contributed by atoms with Gasteiger partial charge in [0.05, 0.1) is 6.61 Å². The molecule has 2 rings (SSSR count). The maximum Gasteiger partial charge on any atom is 0.329 e. The Labute approximate surface area is 107 Å². The van der Waals surface area contributed by atoms with Gasteiger partial charge in [-0.1, -0.05) is 25.1 Å². The highest BCUT2D eigenvalue weighted by Crippen LogP contribution is 2.32. The molecule has 1 saturated heterocycles. The first-order valence-corrected chi connectivity index (χ1v) is 6.21. The summed E-state index contributed by atoms with van der Waals surface area (Å²) in [6.45, 7) is 4.85. The Morgan fingerprint density at radius 3 is 2.83 bits per heavy atom. The van der Waals surface area contributed by atoms with Crippen LogP contribution in [0.1, 0.15) is 18.9 Å². The predicted octanol–water partition coefficient (Wildman–Crippen LogP) is 2.29. The minimum Gasteiger partial charge on any atom is -0.479 e. The molecule has 4 heteroatoms. The lowest BCUT2D eigenvalue weighted by Gasteiger charge is -2.40. The molecule has 1 aromatic rings. The van der Waals surface area contributed by atoms with Crippen LogP contribution in [0.3, 0.4) is 0 Å². The van der Waals surface area contributed by atoms with E-state index in [9.17, 15) is 9.90 Å². The number of anilines is 1. The van der Waals surface area contributed by atoms with Crippen molar-refractivity contribution < 1.29 is 14.6 Å². The van der Waals surface area contributed by atoms with Gasteiger partial charge in [-0.05, 0) is 18.6 Å². The van der Waals surface area contributed by atoms with Gasteiger partial charge < -0.3 is 15.2 Å². The third kappa shape index (κ3) is 2.20. The Morgan fingerprint density at radius 2 is 2.22 bits per heavy atom. The van der Waals surface area contributed by atoms with Crippen LogP contribution < -0.4 is 5.32 Å². The van der Waals surface area contributed by atoms with E-state index in [4.69, 9.17) is 4.74 Å². The van der Waals surface area contributed by atoms with Crippen LogP contribution in [0, 0.1) is 12.8 Å². The molecule has 1 aliphatic heterocycles. The summed E-state index contributed by atoms with van der Waals surface area (Å²) in [5, 5.41) is 12.8. The van der Waals surface area contributed by atoms with E-state index in [1.807, 2.05) is 38.1 Å². The number of carboxylic acids is 1. The summed E-state index contributed by atoms with van der Waals surface area (Å²) in [6.07, 6.45) is 0.484. The molecule has 0 amide bonds. The average Bonchev–Trinajstić information content (AvgIpc) is 2.34. The number of aliphatic carboxylic acids is 1. The number of rotatable bonds is 3. The zero-order chi connectivity index (χ0) is 13.2. The van der Waals surface area contributed by atoms with Gasteiger partial charge in [0.2, 0.25) is 0 Å². The molecule has 0 aromatic heterocycles. The molecule has 4 nitrogen and oxygen atoms in total. The topological polar surface area (TPSA) is 58.6 Å². The maximum atomic E-state index is 11.7. The summed E-state index contributed by atoms with van der Waals surface area (Å²) in [5.41, 5.74) is 1.01. The highest BCUT2D eigenvalue weighted by atomic mass is 16.5. The quantitative estimate of drug-likeness (QED) is 0.863. The lowest BCUT2D eigenvalue weighted by molar-refractivity contribution is -0.148. The molecule has 0 radical (unpaired) electrons. The fourth-order valence-electron chi connectivity index (χ4n) is 2.39. The van der Waals surface area contributed by atoms with Crippen LogP contribution >= 0.6 is 0 Å². The number of aryl methyl sites for hydroxylation is 1. The Hall–Kier alpha value is -1.55. The van der Waals surface area contributed by atoms with E-state index in [1.165, 1.54) is 0 Å². The summed E-state index contributed by atoms with van der Waals surface area (Å²) in [4.78, 5) is 11.7. The van der Waals surface area contributed by atoms with Gasteiger partial charge in [-0.25, -0.2) is 4.79 Å². The lowest BCUT2D eigenvalue weighted by atomic mass is 9.80. The number of carbonyl (C=O) groups is 1. The smallest absolute Gasteiger partial charge is 0.329 e. The van der Waals surface area contributed by atoms with E-state index in [0.717, 1.165) is 11.3 Å². The van der Waals surface area contributed by atoms with Gasteiger partial charge >= 0.3 is 5.97 Å². The highest BCUT2D eigenvalue weighted by Gasteiger charge is 2.46. The molecule has 18 heavy (non-hydrogen) atoms. The second kappa shape index (κ2) is 4.98. The third-order valence-corrected chi connectivity index (χ3v) is 3.73. The lowest BCUT2D eigenvalue weighted by Crippen LogP contribution is -2.56. The fourth-order valence-corrected chi connectivity index (χ4v) is 2.39. The monoisotopic (exact) mass is 249 g/mol. The van der Waals surface area contributed by atoms with Crippen molar-refractivity contribution in [1.82, 2.24) is 0 Å². The molecule has 0 aliphatic carbocycles. The first-order chi connectivity index (χ1) is 8.56. The Morgan fingerprint density at radius 1 is 1.50 bits per heavy atom. The second-order valence-corrected chi connectivity index (χ2v) is 4.94. The zero-order valence-corrected chi connectivity index (χ0v) is 10.8. The molecule has 1 aliphatic rings. The largest absolute Gasteiger partial charge is 0.479 e. The molecule has 2 unspecified atom stereocenters. The summed E-state index contributed by atoms with van der Waals surface area (Å²) < 4.78 is 5.35. The molecule has 2 atom stereocenters. The summed E-state index contributed by atoms with van der Waals surface area (Å²) >= 11 is 0. The number of ether oxygens (including phenoxy) is 1. The molecular weight excluding hydrogens is 230 g/mol. The zero-order valence-electron chi connectivity index (χ0n) is 10.8. The summed E-state index contributed by atoms with van der Waals surface area (Å²) in [7, 11) is 0. The van der Waals surface area contributed by atoms with Gasteiger partial charge in [0, 0.05) is 24.6 Å². The van der Waals surface area contributed by atoms with Crippen molar-refractivity contribution in [2.75, 3.05) is 18.5 Å². The first-order valence-electron chi connectivity index (χ1n) is 6.21. The van der Waals surface area contributed by atoms with Gasteiger partial charge in [-0.15, -0.1) is 0 Å². The Balaban J connectivity index is 2.32. The van der Waals surface area contributed by atoms with E-state index < -0.39 is 11.5 Å². The minimum absolute atomic E-state index is 0.0663. The average molecular weight is 249 g/mol. The molecule has 98 valence electrons. The summed E-state index contributed by atoms with van der Waals surface area (Å²) in [5.74, 6) is -0.870. The Bertz CT molecular complexity index is 446. The van der Waals surface area contributed by atoms with E-state index >= 15 is 0 Å². The van der Waals surface area contributed by atoms with E-state index in [2.05, 4.69) is 5.32 Å². The van der Waals surface area contributed by atoms with E-state index in [-0.39, 0.29) is 5.92 Å². The number of nitrogens with one attached hydrogen (secondary N) is 1. The number of benzene rings is 1. The summed E-state index contributed by atoms with van der Waals surface area (Å²) in [6, 6.07) is 7.75. The van der Waals surface area contributed by atoms with Crippen LogP contribution in [-0.4, -0.2) is 29.8 Å². The molecule has 0 spiro atoms. The van der Waals surface area contributed by atoms with Crippen LogP contribution in [0.15, 0.2) is 24.3 Å². The van der Waals surface area contributed by atoms with Gasteiger partial charge in [0.15, 0.2) is 0 Å². The van der Waals surface area contributed by atoms with Gasteiger partial charge in [-0.3, -0.25) is 0 Å². The molecular formula is C14H19NO3. The SMILES string of the molecule is Cc1ccccc1NC1(C(=O)O)CCOCC1C. The number of hydrogen-bond acceptors (Lipinski definition) is 3. The number of para-hydroxylation sites is 1.